The lowest BCUT2D eigenvalue weighted by atomic mass is 9.79. The Kier molecular flexibility index (Phi) is 10.8. The molecule has 3 N–H and O–H groups in total. The van der Waals surface area contributed by atoms with Crippen molar-refractivity contribution in [3.8, 4) is 16.9 Å². The van der Waals surface area contributed by atoms with Crippen LogP contribution in [0.4, 0.5) is 0 Å². The normalized spacial score (nSPS) is 18.0. The summed E-state index contributed by atoms with van der Waals surface area (Å²) >= 11 is 0. The third-order valence-corrected chi connectivity index (χ3v) is 8.24. The Balaban J connectivity index is 1.38. The predicted molar refractivity (Wildman–Crippen MR) is 172 cm³/mol. The first-order chi connectivity index (χ1) is 20.3. The Morgan fingerprint density at radius 1 is 0.929 bits per heavy atom. The van der Waals surface area contributed by atoms with Gasteiger partial charge < -0.3 is 15.7 Å². The number of carbonyl (C=O) groups is 2. The van der Waals surface area contributed by atoms with Gasteiger partial charge in [0.25, 0.3) is 11.8 Å². The summed E-state index contributed by atoms with van der Waals surface area (Å²) in [6, 6.07) is 18.9. The molecule has 1 saturated carbocycles. The first-order valence-corrected chi connectivity index (χ1v) is 15.2. The van der Waals surface area contributed by atoms with Crippen molar-refractivity contribution in [2.45, 2.75) is 72.4 Å². The van der Waals surface area contributed by atoms with E-state index in [4.69, 9.17) is 0 Å². The first-order valence-electron chi connectivity index (χ1n) is 15.2. The fraction of sp³-hybridized carbons (Fsp3) is 0.351. The van der Waals surface area contributed by atoms with E-state index in [9.17, 15) is 14.7 Å². The second kappa shape index (κ2) is 14.7. The van der Waals surface area contributed by atoms with Crippen LogP contribution >= 0.6 is 0 Å². The smallest absolute Gasteiger partial charge is 0.251 e. The number of hydrogen-bond donors (Lipinski definition) is 3. The summed E-state index contributed by atoms with van der Waals surface area (Å²) in [5.41, 5.74) is 3.79. The minimum atomic E-state index is -0.184. The molecule has 5 nitrogen and oxygen atoms in total. The van der Waals surface area contributed by atoms with Crippen LogP contribution in [-0.2, 0) is 6.54 Å². The van der Waals surface area contributed by atoms with Crippen LogP contribution in [0.2, 0.25) is 0 Å². The highest BCUT2D eigenvalue weighted by atomic mass is 16.3. The van der Waals surface area contributed by atoms with Crippen molar-refractivity contribution in [2.75, 3.05) is 0 Å². The quantitative estimate of drug-likeness (QED) is 0.278. The van der Waals surface area contributed by atoms with E-state index >= 15 is 0 Å². The van der Waals surface area contributed by atoms with E-state index in [1.54, 1.807) is 12.1 Å². The van der Waals surface area contributed by atoms with Gasteiger partial charge in [-0.25, -0.2) is 0 Å². The van der Waals surface area contributed by atoms with E-state index in [0.717, 1.165) is 52.3 Å². The van der Waals surface area contributed by atoms with Crippen LogP contribution in [0.25, 0.3) is 23.3 Å². The maximum Gasteiger partial charge on any atom is 0.251 e. The van der Waals surface area contributed by atoms with Gasteiger partial charge in [0.2, 0.25) is 0 Å². The minimum absolute atomic E-state index is 0.0338. The summed E-state index contributed by atoms with van der Waals surface area (Å²) in [5, 5.41) is 18.7. The van der Waals surface area contributed by atoms with Gasteiger partial charge in [0.05, 0.1) is 0 Å². The number of amides is 2. The van der Waals surface area contributed by atoms with E-state index in [0.29, 0.717) is 23.6 Å². The molecule has 0 radical (unpaired) electrons. The van der Waals surface area contributed by atoms with Crippen LogP contribution in [0.3, 0.4) is 0 Å². The van der Waals surface area contributed by atoms with Gasteiger partial charge in [-0.15, -0.1) is 0 Å². The number of benzene rings is 3. The Hall–Kier alpha value is -4.12. The summed E-state index contributed by atoms with van der Waals surface area (Å²) in [6.07, 6.45) is 13.1. The van der Waals surface area contributed by atoms with E-state index in [1.165, 1.54) is 12.8 Å². The number of aromatic hydroxyl groups is 1. The van der Waals surface area contributed by atoms with Gasteiger partial charge in [-0.1, -0.05) is 69.3 Å². The summed E-state index contributed by atoms with van der Waals surface area (Å²) in [5.74, 6) is 1.47. The van der Waals surface area contributed by atoms with Gasteiger partial charge in [-0.3, -0.25) is 9.59 Å². The predicted octanol–water partition coefficient (Wildman–Crippen LogP) is 6.48. The van der Waals surface area contributed by atoms with Gasteiger partial charge in [0, 0.05) is 28.9 Å². The molecule has 3 aromatic rings. The fourth-order valence-electron chi connectivity index (χ4n) is 5.69. The van der Waals surface area contributed by atoms with E-state index in [1.807, 2.05) is 86.7 Å². The molecule has 0 aromatic heterocycles. The van der Waals surface area contributed by atoms with Crippen molar-refractivity contribution >= 4 is 24.0 Å². The molecule has 0 saturated heterocycles. The number of allylic oxidation sites excluding steroid dienone is 2. The molecule has 1 aliphatic carbocycles. The topological polar surface area (TPSA) is 78.4 Å². The zero-order valence-corrected chi connectivity index (χ0v) is 25.3. The molecule has 1 fully saturated rings. The Morgan fingerprint density at radius 2 is 1.67 bits per heavy atom. The molecule has 220 valence electrons. The lowest BCUT2D eigenvalue weighted by Crippen LogP contribution is -2.38. The summed E-state index contributed by atoms with van der Waals surface area (Å²) in [7, 11) is 0. The molecular formula is C37H44N2O3. The molecule has 0 aliphatic heterocycles. The standard InChI is InChI=1S/C37H44N2O3/c1-5-7-10-30-22-32(23-35(40)34(30)9-6-2)29-11-8-12-31(21-29)36(41)38-24-26-13-15-28(16-14-26)37(42)39-33-19-17-27(18-20-33)25(3)4/h5,7-16,21-23,25,27,33,40H,6,17-20,24H2,1-4H3,(H,38,41)(H,39,42)/b7-5-,30-10-,34-9-. The van der Waals surface area contributed by atoms with Crippen molar-refractivity contribution in [1.82, 2.24) is 10.6 Å². The number of hydrogen-bond acceptors (Lipinski definition) is 3. The van der Waals surface area contributed by atoms with Crippen LogP contribution in [0.15, 0.2) is 72.8 Å². The molecule has 1 aliphatic rings. The second-order valence-electron chi connectivity index (χ2n) is 11.6. The highest BCUT2D eigenvalue weighted by Gasteiger charge is 2.24. The van der Waals surface area contributed by atoms with E-state index < -0.39 is 0 Å². The number of carbonyl (C=O) groups excluding carboxylic acids is 2. The SMILES string of the molecule is C\C=C/C=c1/cc(-c2cccc(C(=O)NCc3ccc(C(=O)NC4CCC(C(C)C)CC4)cc3)c2)cc(O)/c1=C\CC. The summed E-state index contributed by atoms with van der Waals surface area (Å²) in [4.78, 5) is 25.8. The first kappa shape index (κ1) is 30.8. The highest BCUT2D eigenvalue weighted by molar-refractivity contribution is 5.96. The van der Waals surface area contributed by atoms with Crippen LogP contribution < -0.4 is 21.1 Å². The van der Waals surface area contributed by atoms with Crippen LogP contribution in [-0.4, -0.2) is 23.0 Å². The molecule has 0 bridgehead atoms. The largest absolute Gasteiger partial charge is 0.507 e. The highest BCUT2D eigenvalue weighted by Crippen LogP contribution is 2.30. The van der Waals surface area contributed by atoms with Crippen molar-refractivity contribution in [2.24, 2.45) is 11.8 Å². The second-order valence-corrected chi connectivity index (χ2v) is 11.6. The Bertz CT molecular complexity index is 1530. The molecule has 3 aromatic carbocycles. The van der Waals surface area contributed by atoms with Crippen molar-refractivity contribution in [3.05, 3.63) is 99.9 Å². The Labute approximate surface area is 250 Å². The third kappa shape index (κ3) is 8.00. The van der Waals surface area contributed by atoms with Gasteiger partial charge in [0.15, 0.2) is 0 Å². The van der Waals surface area contributed by atoms with Crippen molar-refractivity contribution in [1.29, 1.82) is 0 Å². The van der Waals surface area contributed by atoms with Gasteiger partial charge in [0.1, 0.15) is 5.75 Å². The number of nitrogens with one attached hydrogen (secondary N) is 2. The van der Waals surface area contributed by atoms with Crippen LogP contribution in [0, 0.1) is 11.8 Å². The lowest BCUT2D eigenvalue weighted by Gasteiger charge is -2.31. The molecule has 0 heterocycles. The molecular weight excluding hydrogens is 520 g/mol. The van der Waals surface area contributed by atoms with E-state index in [2.05, 4.69) is 24.5 Å². The molecule has 4 rings (SSSR count). The van der Waals surface area contributed by atoms with Gasteiger partial charge in [-0.05, 0) is 109 Å². The summed E-state index contributed by atoms with van der Waals surface area (Å²) < 4.78 is 0. The van der Waals surface area contributed by atoms with E-state index in [-0.39, 0.29) is 23.6 Å². The molecule has 0 atom stereocenters. The maximum absolute atomic E-state index is 13.0. The Morgan fingerprint density at radius 3 is 2.33 bits per heavy atom. The van der Waals surface area contributed by atoms with Gasteiger partial charge in [-0.2, -0.15) is 0 Å². The average molecular weight is 565 g/mol. The number of phenolic OH excluding ortho intramolecular Hbond substituents is 1. The maximum atomic E-state index is 13.0. The van der Waals surface area contributed by atoms with Crippen molar-refractivity contribution < 1.29 is 14.7 Å². The summed E-state index contributed by atoms with van der Waals surface area (Å²) in [6.45, 7) is 8.92. The molecule has 0 unspecified atom stereocenters. The van der Waals surface area contributed by atoms with Crippen molar-refractivity contribution in [3.63, 3.8) is 0 Å². The van der Waals surface area contributed by atoms with Crippen LogP contribution in [0.5, 0.6) is 5.75 Å². The lowest BCUT2D eigenvalue weighted by molar-refractivity contribution is 0.0915. The number of rotatable bonds is 9. The fourth-order valence-corrected chi connectivity index (χ4v) is 5.69. The number of phenols is 1. The zero-order chi connectivity index (χ0) is 30.1. The molecule has 42 heavy (non-hydrogen) atoms. The van der Waals surface area contributed by atoms with Crippen LogP contribution in [0.1, 0.15) is 86.1 Å². The monoisotopic (exact) mass is 564 g/mol. The average Bonchev–Trinajstić information content (AvgIpc) is 3.00. The molecule has 5 heteroatoms. The third-order valence-electron chi connectivity index (χ3n) is 8.24. The minimum Gasteiger partial charge on any atom is -0.507 e. The molecule has 0 spiro atoms. The molecule has 2 amide bonds. The van der Waals surface area contributed by atoms with Gasteiger partial charge >= 0.3 is 0 Å². The zero-order valence-electron chi connectivity index (χ0n) is 25.3.